The topological polar surface area (TPSA) is 15.3 Å². The van der Waals surface area contributed by atoms with Gasteiger partial charge >= 0.3 is 0 Å². The molecule has 3 fully saturated rings. The molecular formula is C17H30F2N2. The Kier molecular flexibility index (Phi) is 4.84. The van der Waals surface area contributed by atoms with Crippen molar-refractivity contribution in [2.75, 3.05) is 19.6 Å². The second-order valence-corrected chi connectivity index (χ2v) is 7.60. The molecule has 1 atom stereocenters. The van der Waals surface area contributed by atoms with Crippen LogP contribution in [0.1, 0.15) is 58.3 Å². The number of likely N-dealkylation sites (tertiary alicyclic amines) is 1. The summed E-state index contributed by atoms with van der Waals surface area (Å²) in [5.41, 5.74) is 0. The molecule has 122 valence electrons. The van der Waals surface area contributed by atoms with E-state index in [0.717, 1.165) is 18.5 Å². The van der Waals surface area contributed by atoms with Crippen LogP contribution < -0.4 is 5.32 Å². The number of alkyl halides is 2. The van der Waals surface area contributed by atoms with Gasteiger partial charge in [0.25, 0.3) is 0 Å². The third-order valence-electron chi connectivity index (χ3n) is 5.91. The molecule has 0 aromatic heterocycles. The van der Waals surface area contributed by atoms with E-state index in [2.05, 4.69) is 17.1 Å². The SMILES string of the molecule is CC(NCC1CCN(C2CC2)CC1)C1CCC(F)(F)CC1. The summed E-state index contributed by atoms with van der Waals surface area (Å²) >= 11 is 0. The normalized spacial score (nSPS) is 30.4. The molecule has 0 aromatic carbocycles. The fraction of sp³-hybridized carbons (Fsp3) is 1.00. The van der Waals surface area contributed by atoms with Crippen molar-refractivity contribution in [2.24, 2.45) is 11.8 Å². The average Bonchev–Trinajstić information content (AvgIpc) is 3.30. The van der Waals surface area contributed by atoms with Crippen LogP contribution in [0, 0.1) is 11.8 Å². The number of halogens is 2. The molecule has 1 aliphatic heterocycles. The van der Waals surface area contributed by atoms with Crippen molar-refractivity contribution in [3.05, 3.63) is 0 Å². The van der Waals surface area contributed by atoms with E-state index in [1.54, 1.807) is 0 Å². The summed E-state index contributed by atoms with van der Waals surface area (Å²) in [6, 6.07) is 1.30. The minimum absolute atomic E-state index is 0.0868. The van der Waals surface area contributed by atoms with E-state index in [0.29, 0.717) is 24.8 Å². The third kappa shape index (κ3) is 4.38. The van der Waals surface area contributed by atoms with Crippen LogP contribution in [0.3, 0.4) is 0 Å². The van der Waals surface area contributed by atoms with E-state index in [1.807, 2.05) is 0 Å². The van der Waals surface area contributed by atoms with Gasteiger partial charge in [0.15, 0.2) is 0 Å². The van der Waals surface area contributed by atoms with Crippen LogP contribution in [-0.2, 0) is 0 Å². The number of nitrogens with zero attached hydrogens (tertiary/aromatic N) is 1. The first-order valence-corrected chi connectivity index (χ1v) is 8.89. The fourth-order valence-corrected chi connectivity index (χ4v) is 4.04. The van der Waals surface area contributed by atoms with Crippen LogP contribution in [0.5, 0.6) is 0 Å². The van der Waals surface area contributed by atoms with Gasteiger partial charge in [-0.3, -0.25) is 0 Å². The summed E-state index contributed by atoms with van der Waals surface area (Å²) in [4.78, 5) is 2.66. The van der Waals surface area contributed by atoms with Gasteiger partial charge < -0.3 is 10.2 Å². The lowest BCUT2D eigenvalue weighted by atomic mass is 9.82. The molecule has 1 heterocycles. The Balaban J connectivity index is 1.33. The molecule has 3 aliphatic rings. The van der Waals surface area contributed by atoms with Crippen molar-refractivity contribution < 1.29 is 8.78 Å². The van der Waals surface area contributed by atoms with Gasteiger partial charge in [-0.25, -0.2) is 8.78 Å². The number of nitrogens with one attached hydrogen (secondary N) is 1. The Morgan fingerprint density at radius 3 is 2.24 bits per heavy atom. The summed E-state index contributed by atoms with van der Waals surface area (Å²) in [6.07, 6.45) is 6.96. The molecule has 2 aliphatic carbocycles. The lowest BCUT2D eigenvalue weighted by Gasteiger charge is -2.35. The van der Waals surface area contributed by atoms with E-state index in [9.17, 15) is 8.78 Å². The van der Waals surface area contributed by atoms with Crippen molar-refractivity contribution >= 4 is 0 Å². The highest BCUT2D eigenvalue weighted by Crippen LogP contribution is 2.37. The predicted octanol–water partition coefficient (Wildman–Crippen LogP) is 3.66. The van der Waals surface area contributed by atoms with Gasteiger partial charge in [0.1, 0.15) is 0 Å². The first-order valence-electron chi connectivity index (χ1n) is 8.89. The highest BCUT2D eigenvalue weighted by molar-refractivity contribution is 4.88. The maximum atomic E-state index is 13.2. The Morgan fingerprint density at radius 2 is 1.67 bits per heavy atom. The molecule has 3 rings (SSSR count). The van der Waals surface area contributed by atoms with Crippen molar-refractivity contribution in [3.63, 3.8) is 0 Å². The summed E-state index contributed by atoms with van der Waals surface area (Å²) in [7, 11) is 0. The second-order valence-electron chi connectivity index (χ2n) is 7.60. The molecule has 2 nitrogen and oxygen atoms in total. The monoisotopic (exact) mass is 300 g/mol. The van der Waals surface area contributed by atoms with E-state index in [4.69, 9.17) is 0 Å². The molecule has 0 amide bonds. The van der Waals surface area contributed by atoms with Gasteiger partial charge in [0, 0.05) is 24.9 Å². The Hall–Kier alpha value is -0.220. The standard InChI is InChI=1S/C17H30F2N2/c1-13(15-4-8-17(18,19)9-5-15)20-12-14-6-10-21(11-7-14)16-2-3-16/h13-16,20H,2-12H2,1H3. The largest absolute Gasteiger partial charge is 0.314 e. The number of piperidine rings is 1. The summed E-state index contributed by atoms with van der Waals surface area (Å²) in [5, 5.41) is 3.65. The molecule has 0 spiro atoms. The molecule has 1 unspecified atom stereocenters. The van der Waals surface area contributed by atoms with Crippen LogP contribution >= 0.6 is 0 Å². The summed E-state index contributed by atoms with van der Waals surface area (Å²) < 4.78 is 26.4. The highest BCUT2D eigenvalue weighted by atomic mass is 19.3. The Labute approximate surface area is 127 Å². The molecule has 0 aromatic rings. The molecule has 21 heavy (non-hydrogen) atoms. The van der Waals surface area contributed by atoms with Crippen LogP contribution in [0.15, 0.2) is 0 Å². The van der Waals surface area contributed by atoms with Gasteiger partial charge in [-0.15, -0.1) is 0 Å². The summed E-state index contributed by atoms with van der Waals surface area (Å²) in [6.45, 7) is 5.79. The zero-order valence-electron chi connectivity index (χ0n) is 13.3. The lowest BCUT2D eigenvalue weighted by Crippen LogP contribution is -2.43. The van der Waals surface area contributed by atoms with Crippen molar-refractivity contribution in [1.29, 1.82) is 0 Å². The van der Waals surface area contributed by atoms with Crippen molar-refractivity contribution in [1.82, 2.24) is 10.2 Å². The molecule has 4 heteroatoms. The van der Waals surface area contributed by atoms with E-state index >= 15 is 0 Å². The van der Waals surface area contributed by atoms with Gasteiger partial charge in [-0.2, -0.15) is 0 Å². The highest BCUT2D eigenvalue weighted by Gasteiger charge is 2.37. The van der Waals surface area contributed by atoms with Crippen LogP contribution in [0.2, 0.25) is 0 Å². The Morgan fingerprint density at radius 1 is 1.05 bits per heavy atom. The van der Waals surface area contributed by atoms with E-state index in [1.165, 1.54) is 38.8 Å². The number of hydrogen-bond donors (Lipinski definition) is 1. The third-order valence-corrected chi connectivity index (χ3v) is 5.91. The molecule has 1 N–H and O–H groups in total. The van der Waals surface area contributed by atoms with Crippen molar-refractivity contribution in [3.8, 4) is 0 Å². The smallest absolute Gasteiger partial charge is 0.248 e. The lowest BCUT2D eigenvalue weighted by molar-refractivity contribution is -0.0490. The van der Waals surface area contributed by atoms with E-state index in [-0.39, 0.29) is 12.8 Å². The molecule has 1 saturated heterocycles. The molecule has 2 saturated carbocycles. The van der Waals surface area contributed by atoms with Gasteiger partial charge in [0.05, 0.1) is 0 Å². The maximum Gasteiger partial charge on any atom is 0.248 e. The Bertz CT molecular complexity index is 326. The van der Waals surface area contributed by atoms with Crippen LogP contribution in [0.4, 0.5) is 8.78 Å². The van der Waals surface area contributed by atoms with E-state index < -0.39 is 5.92 Å². The molecular weight excluding hydrogens is 270 g/mol. The number of hydrogen-bond acceptors (Lipinski definition) is 2. The molecule has 0 bridgehead atoms. The molecule has 0 radical (unpaired) electrons. The first-order chi connectivity index (χ1) is 10.0. The van der Waals surface area contributed by atoms with Gasteiger partial charge in [-0.1, -0.05) is 0 Å². The zero-order valence-corrected chi connectivity index (χ0v) is 13.3. The number of rotatable bonds is 5. The van der Waals surface area contributed by atoms with Crippen LogP contribution in [-0.4, -0.2) is 42.5 Å². The minimum atomic E-state index is -2.40. The van der Waals surface area contributed by atoms with Gasteiger partial charge in [-0.05, 0) is 76.9 Å². The second kappa shape index (κ2) is 6.49. The maximum absolute atomic E-state index is 13.2. The van der Waals surface area contributed by atoms with Crippen LogP contribution in [0.25, 0.3) is 0 Å². The summed E-state index contributed by atoms with van der Waals surface area (Å²) in [5.74, 6) is -1.17. The van der Waals surface area contributed by atoms with Crippen molar-refractivity contribution in [2.45, 2.75) is 76.3 Å². The quantitative estimate of drug-likeness (QED) is 0.833. The average molecular weight is 300 g/mol. The fourth-order valence-electron chi connectivity index (χ4n) is 4.04. The van der Waals surface area contributed by atoms with Gasteiger partial charge in [0.2, 0.25) is 5.92 Å². The predicted molar refractivity (Wildman–Crippen MR) is 81.7 cm³/mol. The minimum Gasteiger partial charge on any atom is -0.314 e. The zero-order chi connectivity index (χ0) is 14.9. The first kappa shape index (κ1) is 15.7.